The Kier molecular flexibility index (Phi) is 5.66. The first-order valence-corrected chi connectivity index (χ1v) is 9.78. The molecule has 2 heterocycles. The number of amides is 1. The van der Waals surface area contributed by atoms with Gasteiger partial charge in [0.25, 0.3) is 5.91 Å². The number of benzene rings is 2. The van der Waals surface area contributed by atoms with Gasteiger partial charge >= 0.3 is 5.97 Å². The Morgan fingerprint density at radius 1 is 0.966 bits per heavy atom. The van der Waals surface area contributed by atoms with Crippen molar-refractivity contribution in [3.8, 4) is 0 Å². The molecule has 0 aliphatic carbocycles. The van der Waals surface area contributed by atoms with Gasteiger partial charge in [0.2, 0.25) is 0 Å². The number of carbonyl (C=O) groups excluding carboxylic acids is 2. The second-order valence-corrected chi connectivity index (χ2v) is 7.07. The predicted molar refractivity (Wildman–Crippen MR) is 112 cm³/mol. The Balaban J connectivity index is 1.31. The lowest BCUT2D eigenvalue weighted by Gasteiger charge is -2.15. The smallest absolute Gasteiger partial charge is 0.331 e. The van der Waals surface area contributed by atoms with Crippen molar-refractivity contribution in [2.75, 3.05) is 13.1 Å². The summed E-state index contributed by atoms with van der Waals surface area (Å²) in [7, 11) is 0. The third-order valence-corrected chi connectivity index (χ3v) is 4.99. The zero-order valence-electron chi connectivity index (χ0n) is 16.1. The molecule has 0 saturated carbocycles. The summed E-state index contributed by atoms with van der Waals surface area (Å²) in [5.41, 5.74) is 3.09. The maximum Gasteiger partial charge on any atom is 0.331 e. The summed E-state index contributed by atoms with van der Waals surface area (Å²) in [6.45, 7) is 1.82. The van der Waals surface area contributed by atoms with Gasteiger partial charge in [-0.15, -0.1) is 0 Å². The zero-order chi connectivity index (χ0) is 20.1. The van der Waals surface area contributed by atoms with Crippen LogP contribution in [0, 0.1) is 0 Å². The van der Waals surface area contributed by atoms with Gasteiger partial charge in [0.05, 0.1) is 11.2 Å². The van der Waals surface area contributed by atoms with Gasteiger partial charge < -0.3 is 9.64 Å². The Morgan fingerprint density at radius 2 is 1.72 bits per heavy atom. The number of para-hydroxylation sites is 1. The molecule has 1 aliphatic heterocycles. The average Bonchev–Trinajstić information content (AvgIpc) is 3.31. The molecule has 146 valence electrons. The molecule has 0 bridgehead atoms. The quantitative estimate of drug-likeness (QED) is 0.486. The topological polar surface area (TPSA) is 59.5 Å². The number of hydrogen-bond donors (Lipinski definition) is 0. The van der Waals surface area contributed by atoms with Crippen molar-refractivity contribution in [3.63, 3.8) is 0 Å². The molecule has 0 spiro atoms. The Bertz CT molecular complexity index is 1050. The predicted octanol–water partition coefficient (Wildman–Crippen LogP) is 4.23. The minimum absolute atomic E-state index is 0.0665. The maximum atomic E-state index is 12.4. The third-order valence-electron chi connectivity index (χ3n) is 4.99. The maximum absolute atomic E-state index is 12.4. The van der Waals surface area contributed by atoms with Gasteiger partial charge in [-0.2, -0.15) is 0 Å². The van der Waals surface area contributed by atoms with E-state index in [1.165, 1.54) is 6.08 Å². The van der Waals surface area contributed by atoms with E-state index in [0.29, 0.717) is 11.3 Å². The van der Waals surface area contributed by atoms with Crippen LogP contribution in [0.15, 0.2) is 66.7 Å². The Morgan fingerprint density at radius 3 is 2.52 bits per heavy atom. The lowest BCUT2D eigenvalue weighted by Crippen LogP contribution is -2.27. The van der Waals surface area contributed by atoms with Crippen molar-refractivity contribution in [1.82, 2.24) is 9.88 Å². The van der Waals surface area contributed by atoms with E-state index in [2.05, 4.69) is 4.98 Å². The van der Waals surface area contributed by atoms with Crippen LogP contribution in [0.4, 0.5) is 0 Å². The van der Waals surface area contributed by atoms with Crippen LogP contribution in [0.25, 0.3) is 17.0 Å². The highest BCUT2D eigenvalue weighted by atomic mass is 16.5. The number of fused-ring (bicyclic) bond motifs is 1. The van der Waals surface area contributed by atoms with E-state index in [4.69, 9.17) is 4.74 Å². The number of ether oxygens (including phenoxy) is 1. The summed E-state index contributed by atoms with van der Waals surface area (Å²) in [6, 6.07) is 18.9. The summed E-state index contributed by atoms with van der Waals surface area (Å²) >= 11 is 0. The van der Waals surface area contributed by atoms with Crippen molar-refractivity contribution in [3.05, 3.63) is 83.6 Å². The number of hydrogen-bond acceptors (Lipinski definition) is 4. The molecular formula is C24H22N2O3. The summed E-state index contributed by atoms with van der Waals surface area (Å²) < 4.78 is 5.29. The van der Waals surface area contributed by atoms with Gasteiger partial charge in [-0.1, -0.05) is 36.4 Å². The molecule has 1 aliphatic rings. The summed E-state index contributed by atoms with van der Waals surface area (Å²) in [4.78, 5) is 30.7. The second kappa shape index (κ2) is 8.69. The summed E-state index contributed by atoms with van der Waals surface area (Å²) in [5.74, 6) is -0.367. The summed E-state index contributed by atoms with van der Waals surface area (Å²) in [6.07, 6.45) is 5.17. The second-order valence-electron chi connectivity index (χ2n) is 7.07. The normalized spacial score (nSPS) is 13.9. The van der Waals surface area contributed by atoms with Crippen LogP contribution in [0.5, 0.6) is 0 Å². The number of pyridine rings is 1. The lowest BCUT2D eigenvalue weighted by molar-refractivity contribution is -0.138. The molecular weight excluding hydrogens is 364 g/mol. The highest BCUT2D eigenvalue weighted by molar-refractivity contribution is 5.94. The highest BCUT2D eigenvalue weighted by Crippen LogP contribution is 2.15. The highest BCUT2D eigenvalue weighted by Gasteiger charge is 2.19. The molecule has 0 atom stereocenters. The van der Waals surface area contributed by atoms with Crippen molar-refractivity contribution in [1.29, 1.82) is 0 Å². The minimum atomic E-state index is -0.433. The largest absolute Gasteiger partial charge is 0.458 e. The van der Waals surface area contributed by atoms with Crippen LogP contribution in [-0.4, -0.2) is 34.8 Å². The number of aromatic nitrogens is 1. The number of nitrogens with zero attached hydrogens (tertiary/aromatic N) is 2. The van der Waals surface area contributed by atoms with Crippen LogP contribution >= 0.6 is 0 Å². The molecule has 4 rings (SSSR count). The standard InChI is InChI=1S/C24H22N2O3/c27-23(14-13-21-12-11-19-5-1-2-6-22(19)25-21)29-17-18-7-9-20(10-8-18)24(28)26-15-3-4-16-26/h1-2,5-14H,3-4,15-17H2/b14-13+. The van der Waals surface area contributed by atoms with E-state index < -0.39 is 5.97 Å². The van der Waals surface area contributed by atoms with E-state index in [0.717, 1.165) is 42.4 Å². The molecule has 5 nitrogen and oxygen atoms in total. The van der Waals surface area contributed by atoms with E-state index in [-0.39, 0.29) is 12.5 Å². The molecule has 1 aromatic heterocycles. The van der Waals surface area contributed by atoms with Crippen LogP contribution in [0.1, 0.15) is 34.5 Å². The number of rotatable bonds is 5. The first kappa shape index (κ1) is 18.9. The number of esters is 1. The third kappa shape index (κ3) is 4.69. The van der Waals surface area contributed by atoms with Gasteiger partial charge in [0, 0.05) is 30.1 Å². The van der Waals surface area contributed by atoms with Crippen LogP contribution in [-0.2, 0) is 16.1 Å². The molecule has 1 fully saturated rings. The summed E-state index contributed by atoms with van der Waals surface area (Å²) in [5, 5.41) is 1.05. The SMILES string of the molecule is O=C(/C=C/c1ccc2ccccc2n1)OCc1ccc(C(=O)N2CCCC2)cc1. The van der Waals surface area contributed by atoms with E-state index in [9.17, 15) is 9.59 Å². The first-order chi connectivity index (χ1) is 14.2. The fraction of sp³-hybridized carbons (Fsp3) is 0.208. The molecule has 1 amide bonds. The van der Waals surface area contributed by atoms with Gasteiger partial charge in [-0.3, -0.25) is 4.79 Å². The fourth-order valence-electron chi connectivity index (χ4n) is 3.38. The number of likely N-dealkylation sites (tertiary alicyclic amines) is 1. The van der Waals surface area contributed by atoms with Crippen molar-refractivity contribution in [2.45, 2.75) is 19.4 Å². The molecule has 0 radical (unpaired) electrons. The molecule has 3 aromatic rings. The molecule has 0 N–H and O–H groups in total. The lowest BCUT2D eigenvalue weighted by atomic mass is 10.1. The average molecular weight is 386 g/mol. The van der Waals surface area contributed by atoms with Crippen LogP contribution in [0.2, 0.25) is 0 Å². The fourth-order valence-corrected chi connectivity index (χ4v) is 3.38. The number of carbonyl (C=O) groups is 2. The molecule has 29 heavy (non-hydrogen) atoms. The van der Waals surface area contributed by atoms with Crippen molar-refractivity contribution in [2.24, 2.45) is 0 Å². The van der Waals surface area contributed by atoms with E-state index in [1.54, 1.807) is 18.2 Å². The molecule has 0 unspecified atom stereocenters. The van der Waals surface area contributed by atoms with Crippen molar-refractivity contribution >= 4 is 28.9 Å². The van der Waals surface area contributed by atoms with E-state index >= 15 is 0 Å². The van der Waals surface area contributed by atoms with Gasteiger partial charge in [-0.05, 0) is 48.7 Å². The van der Waals surface area contributed by atoms with Crippen LogP contribution in [0.3, 0.4) is 0 Å². The molecule has 5 heteroatoms. The van der Waals surface area contributed by atoms with Crippen molar-refractivity contribution < 1.29 is 14.3 Å². The molecule has 1 saturated heterocycles. The Labute approximate surface area is 169 Å². The van der Waals surface area contributed by atoms with Crippen LogP contribution < -0.4 is 0 Å². The molecule has 2 aromatic carbocycles. The minimum Gasteiger partial charge on any atom is -0.458 e. The zero-order valence-corrected chi connectivity index (χ0v) is 16.1. The van der Waals surface area contributed by atoms with Gasteiger partial charge in [0.1, 0.15) is 6.61 Å². The monoisotopic (exact) mass is 386 g/mol. The van der Waals surface area contributed by atoms with Gasteiger partial charge in [0.15, 0.2) is 0 Å². The van der Waals surface area contributed by atoms with Gasteiger partial charge in [-0.25, -0.2) is 9.78 Å². The first-order valence-electron chi connectivity index (χ1n) is 9.78. The Hall–Kier alpha value is -3.47. The van der Waals surface area contributed by atoms with E-state index in [1.807, 2.05) is 53.4 Å².